The average Bonchev–Trinajstić information content (AvgIpc) is 3.13. The molecule has 0 radical (unpaired) electrons. The van der Waals surface area contributed by atoms with E-state index in [1.807, 2.05) is 0 Å². The van der Waals surface area contributed by atoms with Gasteiger partial charge in [-0.05, 0) is 24.3 Å². The van der Waals surface area contributed by atoms with Crippen molar-refractivity contribution in [2.24, 2.45) is 0 Å². The van der Waals surface area contributed by atoms with Crippen molar-refractivity contribution in [1.82, 2.24) is 25.1 Å². The van der Waals surface area contributed by atoms with Gasteiger partial charge in [0.2, 0.25) is 0 Å². The third-order valence-corrected chi connectivity index (χ3v) is 4.64. The van der Waals surface area contributed by atoms with Crippen molar-refractivity contribution in [3.8, 4) is 34.3 Å². The first-order valence-corrected chi connectivity index (χ1v) is 8.60. The Morgan fingerprint density at radius 1 is 1.19 bits per heavy atom. The summed E-state index contributed by atoms with van der Waals surface area (Å²) in [5.74, 6) is 1.22. The molecule has 0 saturated carbocycles. The number of nitrogens with one attached hydrogen (secondary N) is 1. The summed E-state index contributed by atoms with van der Waals surface area (Å²) in [7, 11) is 3.06. The number of carbonyl (C=O) groups excluding carboxylic acids is 1. The van der Waals surface area contributed by atoms with Gasteiger partial charge in [0.25, 0.3) is 5.91 Å². The summed E-state index contributed by atoms with van der Waals surface area (Å²) < 4.78 is 12.3. The molecule has 27 heavy (non-hydrogen) atoms. The molecular weight excluding hydrogens is 370 g/mol. The highest BCUT2D eigenvalue weighted by Crippen LogP contribution is 2.40. The second-order valence-electron chi connectivity index (χ2n) is 5.82. The molecule has 1 amide bonds. The standard InChI is InChI=1S/C18H16ClN5O3/c1-26-14-4-3-10(15(19)16(14)27-2)17-20-6-5-11(22-17)12-9-13-18(25)21-7-8-24(13)23-12/h3-6,9H,7-8H2,1-2H3,(H,21,25). The number of methoxy groups -OCH3 is 2. The van der Waals surface area contributed by atoms with Gasteiger partial charge in [0, 0.05) is 18.3 Å². The largest absolute Gasteiger partial charge is 0.493 e. The number of rotatable bonds is 4. The molecule has 0 saturated heterocycles. The summed E-state index contributed by atoms with van der Waals surface area (Å²) in [6, 6.07) is 6.98. The topological polar surface area (TPSA) is 91.2 Å². The van der Waals surface area contributed by atoms with Gasteiger partial charge in [-0.25, -0.2) is 9.97 Å². The molecule has 1 aliphatic rings. The minimum atomic E-state index is -0.141. The lowest BCUT2D eigenvalue weighted by molar-refractivity contribution is 0.0924. The Kier molecular flexibility index (Phi) is 4.41. The first-order valence-electron chi connectivity index (χ1n) is 8.22. The van der Waals surface area contributed by atoms with Crippen LogP contribution in [0, 0.1) is 0 Å². The highest BCUT2D eigenvalue weighted by Gasteiger charge is 2.21. The zero-order valence-corrected chi connectivity index (χ0v) is 15.4. The molecule has 4 rings (SSSR count). The zero-order chi connectivity index (χ0) is 19.0. The fourth-order valence-electron chi connectivity index (χ4n) is 2.95. The number of halogens is 1. The van der Waals surface area contributed by atoms with Gasteiger partial charge >= 0.3 is 0 Å². The summed E-state index contributed by atoms with van der Waals surface area (Å²) in [5, 5.41) is 7.63. The molecule has 0 bridgehead atoms. The summed E-state index contributed by atoms with van der Waals surface area (Å²) in [6.07, 6.45) is 1.63. The van der Waals surface area contributed by atoms with Crippen LogP contribution in [0.2, 0.25) is 5.02 Å². The van der Waals surface area contributed by atoms with Gasteiger partial charge in [-0.3, -0.25) is 9.48 Å². The van der Waals surface area contributed by atoms with Crippen LogP contribution in [0.5, 0.6) is 11.5 Å². The Morgan fingerprint density at radius 3 is 2.78 bits per heavy atom. The number of carbonyl (C=O) groups is 1. The lowest BCUT2D eigenvalue weighted by atomic mass is 10.1. The SMILES string of the molecule is COc1ccc(-c2nccc(-c3cc4n(n3)CCNC4=O)n2)c(Cl)c1OC. The molecule has 0 unspecified atom stereocenters. The van der Waals surface area contributed by atoms with Crippen LogP contribution in [-0.4, -0.2) is 46.4 Å². The van der Waals surface area contributed by atoms with E-state index in [1.54, 1.807) is 42.3 Å². The van der Waals surface area contributed by atoms with Crippen molar-refractivity contribution in [3.63, 3.8) is 0 Å². The molecule has 0 atom stereocenters. The Balaban J connectivity index is 1.77. The molecule has 138 valence electrons. The number of nitrogens with zero attached hydrogens (tertiary/aromatic N) is 4. The number of aromatic nitrogens is 4. The van der Waals surface area contributed by atoms with E-state index in [0.29, 0.717) is 58.1 Å². The van der Waals surface area contributed by atoms with Crippen molar-refractivity contribution < 1.29 is 14.3 Å². The predicted molar refractivity (Wildman–Crippen MR) is 99.1 cm³/mol. The Morgan fingerprint density at radius 2 is 2.04 bits per heavy atom. The number of amides is 1. The fourth-order valence-corrected chi connectivity index (χ4v) is 3.27. The van der Waals surface area contributed by atoms with E-state index >= 15 is 0 Å². The van der Waals surface area contributed by atoms with Crippen LogP contribution in [0.4, 0.5) is 0 Å². The van der Waals surface area contributed by atoms with Crippen molar-refractivity contribution in [2.75, 3.05) is 20.8 Å². The van der Waals surface area contributed by atoms with E-state index in [0.717, 1.165) is 0 Å². The number of benzene rings is 1. The molecule has 0 aliphatic carbocycles. The van der Waals surface area contributed by atoms with Gasteiger partial charge in [0.15, 0.2) is 17.3 Å². The Bertz CT molecular complexity index is 1030. The van der Waals surface area contributed by atoms with Gasteiger partial charge < -0.3 is 14.8 Å². The summed E-state index contributed by atoms with van der Waals surface area (Å²) in [5.41, 5.74) is 2.32. The number of hydrogen-bond acceptors (Lipinski definition) is 6. The van der Waals surface area contributed by atoms with Crippen LogP contribution in [0.1, 0.15) is 10.5 Å². The first kappa shape index (κ1) is 17.3. The Labute approximate surface area is 160 Å². The molecular formula is C18H16ClN5O3. The zero-order valence-electron chi connectivity index (χ0n) is 14.7. The van der Waals surface area contributed by atoms with Crippen molar-refractivity contribution in [3.05, 3.63) is 41.2 Å². The van der Waals surface area contributed by atoms with E-state index in [4.69, 9.17) is 21.1 Å². The minimum absolute atomic E-state index is 0.141. The van der Waals surface area contributed by atoms with Gasteiger partial charge in [0.1, 0.15) is 11.4 Å². The lowest BCUT2D eigenvalue weighted by Crippen LogP contribution is -2.35. The molecule has 0 spiro atoms. The normalized spacial score (nSPS) is 13.1. The quantitative estimate of drug-likeness (QED) is 0.741. The lowest BCUT2D eigenvalue weighted by Gasteiger charge is -2.13. The molecule has 1 aromatic carbocycles. The van der Waals surface area contributed by atoms with Crippen molar-refractivity contribution in [1.29, 1.82) is 0 Å². The van der Waals surface area contributed by atoms with Crippen LogP contribution < -0.4 is 14.8 Å². The average molecular weight is 386 g/mol. The molecule has 3 heterocycles. The highest BCUT2D eigenvalue weighted by atomic mass is 35.5. The van der Waals surface area contributed by atoms with Crippen LogP contribution in [-0.2, 0) is 6.54 Å². The monoisotopic (exact) mass is 385 g/mol. The maximum Gasteiger partial charge on any atom is 0.269 e. The number of hydrogen-bond donors (Lipinski definition) is 1. The predicted octanol–water partition coefficient (Wildman–Crippen LogP) is 2.42. The van der Waals surface area contributed by atoms with Gasteiger partial charge in [-0.1, -0.05) is 11.6 Å². The Hall–Kier alpha value is -3.13. The molecule has 2 aromatic heterocycles. The highest BCUT2D eigenvalue weighted by molar-refractivity contribution is 6.35. The molecule has 0 fully saturated rings. The van der Waals surface area contributed by atoms with Crippen LogP contribution in [0.25, 0.3) is 22.8 Å². The smallest absolute Gasteiger partial charge is 0.269 e. The van der Waals surface area contributed by atoms with E-state index in [2.05, 4.69) is 20.4 Å². The summed E-state index contributed by atoms with van der Waals surface area (Å²) in [6.45, 7) is 1.18. The molecule has 1 aliphatic heterocycles. The summed E-state index contributed by atoms with van der Waals surface area (Å²) in [4.78, 5) is 20.8. The third-order valence-electron chi connectivity index (χ3n) is 4.27. The van der Waals surface area contributed by atoms with Crippen molar-refractivity contribution >= 4 is 17.5 Å². The number of ether oxygens (including phenoxy) is 2. The second kappa shape index (κ2) is 6.88. The van der Waals surface area contributed by atoms with Crippen LogP contribution in [0.3, 0.4) is 0 Å². The maximum absolute atomic E-state index is 11.9. The second-order valence-corrected chi connectivity index (χ2v) is 6.20. The van der Waals surface area contributed by atoms with Gasteiger partial charge in [-0.15, -0.1) is 0 Å². The minimum Gasteiger partial charge on any atom is -0.493 e. The van der Waals surface area contributed by atoms with E-state index in [1.165, 1.54) is 7.11 Å². The van der Waals surface area contributed by atoms with Crippen LogP contribution in [0.15, 0.2) is 30.5 Å². The fraction of sp³-hybridized carbons (Fsp3) is 0.222. The molecule has 8 nitrogen and oxygen atoms in total. The van der Waals surface area contributed by atoms with Gasteiger partial charge in [-0.2, -0.15) is 5.10 Å². The maximum atomic E-state index is 11.9. The number of fused-ring (bicyclic) bond motifs is 1. The molecule has 3 aromatic rings. The van der Waals surface area contributed by atoms with Crippen molar-refractivity contribution in [2.45, 2.75) is 6.54 Å². The van der Waals surface area contributed by atoms with E-state index in [-0.39, 0.29) is 5.91 Å². The molecule has 9 heteroatoms. The van der Waals surface area contributed by atoms with Gasteiger partial charge in [0.05, 0.1) is 31.5 Å². The summed E-state index contributed by atoms with van der Waals surface area (Å²) >= 11 is 6.47. The van der Waals surface area contributed by atoms with E-state index < -0.39 is 0 Å². The van der Waals surface area contributed by atoms with Crippen LogP contribution >= 0.6 is 11.6 Å². The first-order chi connectivity index (χ1) is 13.1. The molecule has 1 N–H and O–H groups in total. The third kappa shape index (κ3) is 2.97. The van der Waals surface area contributed by atoms with E-state index in [9.17, 15) is 4.79 Å².